The van der Waals surface area contributed by atoms with Crippen LogP contribution in [0.5, 0.6) is 5.75 Å². The lowest BCUT2D eigenvalue weighted by Crippen LogP contribution is -2.07. The number of aromatic hydroxyl groups is 1. The van der Waals surface area contributed by atoms with E-state index in [1.807, 2.05) is 6.07 Å². The van der Waals surface area contributed by atoms with Crippen molar-refractivity contribution in [2.75, 3.05) is 0 Å². The van der Waals surface area contributed by atoms with Crippen LogP contribution in [-0.2, 0) is 6.18 Å². The summed E-state index contributed by atoms with van der Waals surface area (Å²) in [7, 11) is 0. The summed E-state index contributed by atoms with van der Waals surface area (Å²) in [6.07, 6.45) is -3.31. The number of phenolic OH excluding ortho intramolecular Hbond substituents is 1. The first kappa shape index (κ1) is 19.7. The third kappa shape index (κ3) is 3.96. The molecule has 0 aliphatic carbocycles. The average molecular weight is 425 g/mol. The zero-order chi connectivity index (χ0) is 20.5. The van der Waals surface area contributed by atoms with Crippen molar-refractivity contribution in [3.8, 4) is 17.5 Å². The minimum Gasteiger partial charge on any atom is -0.507 e. The Hall–Kier alpha value is -3.02. The van der Waals surface area contributed by atoms with Crippen LogP contribution >= 0.6 is 23.2 Å². The molecule has 1 heterocycles. The van der Waals surface area contributed by atoms with Crippen LogP contribution in [-0.4, -0.2) is 21.1 Å². The summed E-state index contributed by atoms with van der Waals surface area (Å²) in [6.45, 7) is 0. The molecule has 2 aromatic carbocycles. The van der Waals surface area contributed by atoms with Crippen LogP contribution in [0.25, 0.3) is 5.69 Å². The van der Waals surface area contributed by atoms with E-state index in [0.29, 0.717) is 17.7 Å². The molecule has 28 heavy (non-hydrogen) atoms. The van der Waals surface area contributed by atoms with Crippen molar-refractivity contribution in [2.45, 2.75) is 6.18 Å². The summed E-state index contributed by atoms with van der Waals surface area (Å²) < 4.78 is 39.9. The summed E-state index contributed by atoms with van der Waals surface area (Å²) in [6, 6.07) is 10.9. The fourth-order valence-electron chi connectivity index (χ4n) is 2.35. The Morgan fingerprint density at radius 1 is 1.14 bits per heavy atom. The van der Waals surface area contributed by atoms with Gasteiger partial charge in [-0.3, -0.25) is 0 Å². The minimum absolute atomic E-state index is 0.0246. The number of hydrogen-bond donors (Lipinski definition) is 1. The molecule has 0 amide bonds. The summed E-state index contributed by atoms with van der Waals surface area (Å²) in [4.78, 5) is 4.16. The third-order valence-corrected chi connectivity index (χ3v) is 4.21. The van der Waals surface area contributed by atoms with Gasteiger partial charge in [-0.15, -0.1) is 0 Å². The van der Waals surface area contributed by atoms with Crippen LogP contribution in [0.3, 0.4) is 0 Å². The standard InChI is InChI=1S/C18H9Cl2F3N4O/c19-13-5-11(18(21,22)23)6-14(20)17(13)27-16(7-12(8-24)26-27)25-9-10-3-1-2-4-15(10)28/h1-7,9,28H/b25-9+. The fraction of sp³-hybridized carbons (Fsp3) is 0.0556. The molecule has 3 aromatic rings. The molecule has 0 bridgehead atoms. The van der Waals surface area contributed by atoms with Crippen molar-refractivity contribution < 1.29 is 18.3 Å². The molecule has 0 fully saturated rings. The Kier molecular flexibility index (Phi) is 5.31. The van der Waals surface area contributed by atoms with Crippen molar-refractivity contribution in [1.29, 1.82) is 5.26 Å². The van der Waals surface area contributed by atoms with Gasteiger partial charge in [0.1, 0.15) is 17.5 Å². The summed E-state index contributed by atoms with van der Waals surface area (Å²) in [5, 5.41) is 22.3. The summed E-state index contributed by atoms with van der Waals surface area (Å²) >= 11 is 12.0. The van der Waals surface area contributed by atoms with Gasteiger partial charge < -0.3 is 5.11 Å². The summed E-state index contributed by atoms with van der Waals surface area (Å²) in [5.41, 5.74) is -0.727. The van der Waals surface area contributed by atoms with Gasteiger partial charge >= 0.3 is 6.18 Å². The number of hydrogen-bond acceptors (Lipinski definition) is 4. The largest absolute Gasteiger partial charge is 0.507 e. The second-order valence-electron chi connectivity index (χ2n) is 5.51. The Bertz CT molecular complexity index is 1090. The quantitative estimate of drug-likeness (QED) is 0.561. The number of aromatic nitrogens is 2. The molecule has 3 rings (SSSR count). The second-order valence-corrected chi connectivity index (χ2v) is 6.33. The Labute approximate surface area is 166 Å². The molecule has 0 aliphatic heterocycles. The lowest BCUT2D eigenvalue weighted by Gasteiger charge is -2.13. The molecule has 0 saturated carbocycles. The lowest BCUT2D eigenvalue weighted by atomic mass is 10.2. The number of aliphatic imine (C=N–C) groups is 1. The maximum Gasteiger partial charge on any atom is 0.416 e. The molecule has 0 atom stereocenters. The molecule has 5 nitrogen and oxygen atoms in total. The van der Waals surface area contributed by atoms with Crippen LogP contribution in [0.15, 0.2) is 47.5 Å². The number of alkyl halides is 3. The molecule has 1 aromatic heterocycles. The van der Waals surface area contributed by atoms with Gasteiger partial charge in [-0.25, -0.2) is 9.67 Å². The van der Waals surface area contributed by atoms with Gasteiger partial charge in [-0.1, -0.05) is 35.3 Å². The van der Waals surface area contributed by atoms with Gasteiger partial charge in [-0.05, 0) is 24.3 Å². The highest BCUT2D eigenvalue weighted by Crippen LogP contribution is 2.38. The number of nitriles is 1. The van der Waals surface area contributed by atoms with E-state index in [4.69, 9.17) is 28.5 Å². The third-order valence-electron chi connectivity index (χ3n) is 3.63. The highest BCUT2D eigenvalue weighted by atomic mass is 35.5. The first-order chi connectivity index (χ1) is 13.2. The molecule has 142 valence electrons. The van der Waals surface area contributed by atoms with Crippen LogP contribution in [0.4, 0.5) is 19.0 Å². The molecule has 0 spiro atoms. The van der Waals surface area contributed by atoms with Crippen LogP contribution in [0.2, 0.25) is 10.0 Å². The van der Waals surface area contributed by atoms with Gasteiger partial charge in [0, 0.05) is 17.8 Å². The maximum atomic E-state index is 12.9. The first-order valence-electron chi connectivity index (χ1n) is 7.59. The molecule has 0 aliphatic rings. The Balaban J connectivity index is 2.13. The lowest BCUT2D eigenvalue weighted by molar-refractivity contribution is -0.137. The normalized spacial score (nSPS) is 11.7. The van der Waals surface area contributed by atoms with Gasteiger partial charge in [0.05, 0.1) is 15.6 Å². The van der Waals surface area contributed by atoms with Crippen molar-refractivity contribution >= 4 is 35.2 Å². The van der Waals surface area contributed by atoms with Gasteiger partial charge in [0.25, 0.3) is 0 Å². The number of halogens is 5. The Morgan fingerprint density at radius 3 is 2.36 bits per heavy atom. The van der Waals surface area contributed by atoms with Crippen LogP contribution in [0, 0.1) is 11.3 Å². The highest BCUT2D eigenvalue weighted by molar-refractivity contribution is 6.38. The highest BCUT2D eigenvalue weighted by Gasteiger charge is 2.32. The molecule has 0 unspecified atom stereocenters. The van der Waals surface area contributed by atoms with E-state index in [9.17, 15) is 18.3 Å². The number of para-hydroxylation sites is 1. The van der Waals surface area contributed by atoms with Crippen molar-refractivity contribution in [2.24, 2.45) is 4.99 Å². The van der Waals surface area contributed by atoms with Crippen molar-refractivity contribution in [1.82, 2.24) is 9.78 Å². The molecule has 10 heteroatoms. The average Bonchev–Trinajstić information content (AvgIpc) is 3.02. The monoisotopic (exact) mass is 424 g/mol. The predicted molar refractivity (Wildman–Crippen MR) is 98.7 cm³/mol. The van der Waals surface area contributed by atoms with E-state index in [2.05, 4.69) is 10.1 Å². The van der Waals surface area contributed by atoms with Crippen molar-refractivity contribution in [3.63, 3.8) is 0 Å². The number of rotatable bonds is 3. The van der Waals surface area contributed by atoms with E-state index in [0.717, 1.165) is 4.68 Å². The van der Waals surface area contributed by atoms with Crippen molar-refractivity contribution in [3.05, 3.63) is 69.3 Å². The summed E-state index contributed by atoms with van der Waals surface area (Å²) in [5.74, 6) is 0.0618. The van der Waals surface area contributed by atoms with Gasteiger partial charge in [0.2, 0.25) is 0 Å². The maximum absolute atomic E-state index is 12.9. The smallest absolute Gasteiger partial charge is 0.416 e. The SMILES string of the molecule is N#Cc1cc(/N=C/c2ccccc2O)n(-c2c(Cl)cc(C(F)(F)F)cc2Cl)n1. The van der Waals surface area contributed by atoms with E-state index in [1.54, 1.807) is 18.2 Å². The number of benzene rings is 2. The van der Waals surface area contributed by atoms with Crippen LogP contribution in [0.1, 0.15) is 16.8 Å². The second kappa shape index (κ2) is 7.54. The topological polar surface area (TPSA) is 74.2 Å². The minimum atomic E-state index is -4.63. The van der Waals surface area contributed by atoms with Gasteiger partial charge in [0.15, 0.2) is 11.5 Å². The number of nitrogens with zero attached hydrogens (tertiary/aromatic N) is 4. The number of phenols is 1. The predicted octanol–water partition coefficient (Wildman–Crippen LogP) is 5.53. The van der Waals surface area contributed by atoms with E-state index < -0.39 is 11.7 Å². The zero-order valence-corrected chi connectivity index (χ0v) is 15.3. The first-order valence-corrected chi connectivity index (χ1v) is 8.35. The zero-order valence-electron chi connectivity index (χ0n) is 13.7. The fourth-order valence-corrected chi connectivity index (χ4v) is 2.99. The van der Waals surface area contributed by atoms with E-state index in [1.165, 1.54) is 18.3 Å². The molecule has 0 saturated heterocycles. The van der Waals surface area contributed by atoms with Crippen LogP contribution < -0.4 is 0 Å². The van der Waals surface area contributed by atoms with E-state index in [-0.39, 0.29) is 33.0 Å². The van der Waals surface area contributed by atoms with Gasteiger partial charge in [-0.2, -0.15) is 23.5 Å². The molecular formula is C18H9Cl2F3N4O. The molecule has 0 radical (unpaired) electrons. The van der Waals surface area contributed by atoms with E-state index >= 15 is 0 Å². The Morgan fingerprint density at radius 2 is 1.79 bits per heavy atom. The molecular weight excluding hydrogens is 416 g/mol. The molecule has 1 N–H and O–H groups in total.